The Morgan fingerprint density at radius 1 is 1.26 bits per heavy atom. The van der Waals surface area contributed by atoms with Gasteiger partial charge in [0.2, 0.25) is 0 Å². The number of benzene rings is 1. The predicted octanol–water partition coefficient (Wildman–Crippen LogP) is 3.02. The minimum Gasteiger partial charge on any atom is -0.392 e. The van der Waals surface area contributed by atoms with E-state index < -0.39 is 10.0 Å². The maximum atomic E-state index is 13.1. The zero-order chi connectivity index (χ0) is 19.2. The normalized spacial score (nSPS) is 19.5. The molecule has 1 aliphatic heterocycles. The van der Waals surface area contributed by atoms with E-state index in [9.17, 15) is 13.7 Å². The van der Waals surface area contributed by atoms with E-state index in [4.69, 9.17) is 4.84 Å². The van der Waals surface area contributed by atoms with Crippen LogP contribution in [0.25, 0.3) is 11.0 Å². The van der Waals surface area contributed by atoms with Crippen LogP contribution in [0.2, 0.25) is 0 Å². The highest BCUT2D eigenvalue weighted by atomic mass is 32.2. The van der Waals surface area contributed by atoms with Gasteiger partial charge in [0.15, 0.2) is 0 Å². The third kappa shape index (κ3) is 2.67. The molecule has 0 aliphatic carbocycles. The van der Waals surface area contributed by atoms with Crippen LogP contribution in [0.3, 0.4) is 0 Å². The fourth-order valence-corrected chi connectivity index (χ4v) is 4.76. The Labute approximate surface area is 156 Å². The largest absolute Gasteiger partial charge is 0.392 e. The highest BCUT2D eigenvalue weighted by Gasteiger charge is 2.31. The minimum absolute atomic E-state index is 0.116. The van der Waals surface area contributed by atoms with Crippen molar-refractivity contribution >= 4 is 26.8 Å². The second-order valence-corrected chi connectivity index (χ2v) is 8.24. The van der Waals surface area contributed by atoms with Gasteiger partial charge in [-0.3, -0.25) is 4.98 Å². The van der Waals surface area contributed by atoms with E-state index in [-0.39, 0.29) is 22.5 Å². The molecule has 0 amide bonds. The molecule has 8 heteroatoms. The molecule has 27 heavy (non-hydrogen) atoms. The molecule has 1 aliphatic rings. The van der Waals surface area contributed by atoms with Gasteiger partial charge in [-0.05, 0) is 37.6 Å². The smallest absolute Gasteiger partial charge is 0.268 e. The van der Waals surface area contributed by atoms with Crippen molar-refractivity contribution < 1.29 is 13.3 Å². The summed E-state index contributed by atoms with van der Waals surface area (Å²) in [6, 6.07) is 11.9. The van der Waals surface area contributed by atoms with E-state index in [0.717, 1.165) is 15.2 Å². The van der Waals surface area contributed by atoms with E-state index in [1.807, 2.05) is 19.9 Å². The molecule has 0 saturated carbocycles. The van der Waals surface area contributed by atoms with Gasteiger partial charge >= 0.3 is 0 Å². The number of oxime groups is 1. The molecular weight excluding hydrogens is 364 g/mol. The Balaban J connectivity index is 1.95. The summed E-state index contributed by atoms with van der Waals surface area (Å²) in [5.41, 5.74) is 2.51. The Hall–Kier alpha value is -3.18. The SMILES string of the molecule is CC1=NOC(C)C1c1cnc2c(C#N)cn(S(=O)(=O)c3ccccc3)c2c1. The number of pyridine rings is 1. The highest BCUT2D eigenvalue weighted by molar-refractivity contribution is 7.90. The summed E-state index contributed by atoms with van der Waals surface area (Å²) in [4.78, 5) is 9.84. The van der Waals surface area contributed by atoms with E-state index in [1.165, 1.54) is 18.3 Å². The first kappa shape index (κ1) is 17.2. The second kappa shape index (κ2) is 6.21. The van der Waals surface area contributed by atoms with Crippen LogP contribution in [0.15, 0.2) is 58.8 Å². The third-order valence-electron chi connectivity index (χ3n) is 4.69. The van der Waals surface area contributed by atoms with E-state index >= 15 is 0 Å². The van der Waals surface area contributed by atoms with Gasteiger partial charge < -0.3 is 4.84 Å². The Kier molecular flexibility index (Phi) is 3.97. The number of nitrogens with zero attached hydrogens (tertiary/aromatic N) is 4. The highest BCUT2D eigenvalue weighted by Crippen LogP contribution is 2.32. The van der Waals surface area contributed by atoms with Crippen LogP contribution in [-0.2, 0) is 14.9 Å². The quantitative estimate of drug-likeness (QED) is 0.696. The number of nitriles is 1. The van der Waals surface area contributed by atoms with Crippen molar-refractivity contribution in [3.63, 3.8) is 0 Å². The first-order valence-electron chi connectivity index (χ1n) is 8.35. The zero-order valence-electron chi connectivity index (χ0n) is 14.7. The van der Waals surface area contributed by atoms with Gasteiger partial charge in [-0.25, -0.2) is 12.4 Å². The molecule has 2 unspecified atom stereocenters. The van der Waals surface area contributed by atoms with E-state index in [2.05, 4.69) is 10.1 Å². The molecule has 0 spiro atoms. The van der Waals surface area contributed by atoms with Gasteiger partial charge in [0.05, 0.1) is 27.6 Å². The molecule has 1 aromatic carbocycles. The summed E-state index contributed by atoms with van der Waals surface area (Å²) in [6.45, 7) is 3.76. The van der Waals surface area contributed by atoms with E-state index in [1.54, 1.807) is 30.5 Å². The average Bonchev–Trinajstić information content (AvgIpc) is 3.22. The van der Waals surface area contributed by atoms with Crippen LogP contribution in [0.5, 0.6) is 0 Å². The van der Waals surface area contributed by atoms with Crippen LogP contribution < -0.4 is 0 Å². The summed E-state index contributed by atoms with van der Waals surface area (Å²) < 4.78 is 27.4. The lowest BCUT2D eigenvalue weighted by atomic mass is 9.92. The van der Waals surface area contributed by atoms with Crippen molar-refractivity contribution in [2.45, 2.75) is 30.8 Å². The summed E-state index contributed by atoms with van der Waals surface area (Å²) in [5.74, 6) is -0.116. The molecule has 7 nitrogen and oxygen atoms in total. The van der Waals surface area contributed by atoms with Gasteiger partial charge in [0.25, 0.3) is 10.0 Å². The number of rotatable bonds is 3. The van der Waals surface area contributed by atoms with Gasteiger partial charge in [-0.15, -0.1) is 0 Å². The van der Waals surface area contributed by atoms with Gasteiger partial charge in [-0.1, -0.05) is 23.4 Å². The summed E-state index contributed by atoms with van der Waals surface area (Å²) in [7, 11) is -3.86. The molecule has 136 valence electrons. The van der Waals surface area contributed by atoms with Crippen molar-refractivity contribution in [2.24, 2.45) is 5.16 Å². The fourth-order valence-electron chi connectivity index (χ4n) is 3.38. The predicted molar refractivity (Wildman–Crippen MR) is 99.9 cm³/mol. The number of fused-ring (bicyclic) bond motifs is 1. The monoisotopic (exact) mass is 380 g/mol. The molecule has 4 rings (SSSR count). The van der Waals surface area contributed by atoms with Crippen LogP contribution >= 0.6 is 0 Å². The second-order valence-electron chi connectivity index (χ2n) is 6.43. The van der Waals surface area contributed by atoms with Crippen molar-refractivity contribution in [1.29, 1.82) is 5.26 Å². The topological polar surface area (TPSA) is 97.3 Å². The maximum Gasteiger partial charge on any atom is 0.268 e. The fraction of sp³-hybridized carbons (Fsp3) is 0.211. The molecule has 2 aromatic heterocycles. The van der Waals surface area contributed by atoms with Gasteiger partial charge in [-0.2, -0.15) is 5.26 Å². The van der Waals surface area contributed by atoms with Gasteiger partial charge in [0, 0.05) is 12.4 Å². The van der Waals surface area contributed by atoms with Crippen molar-refractivity contribution in [1.82, 2.24) is 8.96 Å². The maximum absolute atomic E-state index is 13.1. The zero-order valence-corrected chi connectivity index (χ0v) is 15.5. The van der Waals surface area contributed by atoms with Gasteiger partial charge in [0.1, 0.15) is 17.7 Å². The van der Waals surface area contributed by atoms with Crippen LogP contribution in [-0.4, -0.2) is 29.2 Å². The summed E-state index contributed by atoms with van der Waals surface area (Å²) in [6.07, 6.45) is 2.80. The standard InChI is InChI=1S/C19H16N4O3S/c1-12-18(13(2)26-22-12)14-8-17-19(21-10-14)15(9-20)11-23(17)27(24,25)16-6-4-3-5-7-16/h3-8,10-11,13,18H,1-2H3. The molecule has 0 radical (unpaired) electrons. The molecule has 2 atom stereocenters. The average molecular weight is 380 g/mol. The molecule has 3 aromatic rings. The molecule has 0 saturated heterocycles. The molecule has 0 bridgehead atoms. The van der Waals surface area contributed by atoms with Crippen molar-refractivity contribution in [3.05, 3.63) is 59.9 Å². The molecular formula is C19H16N4O3S. The first-order chi connectivity index (χ1) is 12.9. The summed E-state index contributed by atoms with van der Waals surface area (Å²) >= 11 is 0. The molecule has 0 N–H and O–H groups in total. The number of hydrogen-bond acceptors (Lipinski definition) is 6. The Morgan fingerprint density at radius 3 is 2.63 bits per heavy atom. The Bertz CT molecular complexity index is 1210. The third-order valence-corrected chi connectivity index (χ3v) is 6.38. The lowest BCUT2D eigenvalue weighted by Crippen LogP contribution is -2.17. The first-order valence-corrected chi connectivity index (χ1v) is 9.79. The van der Waals surface area contributed by atoms with Crippen LogP contribution in [0.1, 0.15) is 30.9 Å². The molecule has 3 heterocycles. The summed E-state index contributed by atoms with van der Waals surface area (Å²) in [5, 5.41) is 13.4. The van der Waals surface area contributed by atoms with Crippen molar-refractivity contribution in [2.75, 3.05) is 0 Å². The lowest BCUT2D eigenvalue weighted by molar-refractivity contribution is 0.0904. The van der Waals surface area contributed by atoms with Crippen LogP contribution in [0, 0.1) is 11.3 Å². The van der Waals surface area contributed by atoms with Crippen LogP contribution in [0.4, 0.5) is 0 Å². The molecule has 0 fully saturated rings. The lowest BCUT2D eigenvalue weighted by Gasteiger charge is -2.14. The number of aromatic nitrogens is 2. The Morgan fingerprint density at radius 2 is 2.00 bits per heavy atom. The van der Waals surface area contributed by atoms with Crippen molar-refractivity contribution in [3.8, 4) is 6.07 Å². The van der Waals surface area contributed by atoms with E-state index in [0.29, 0.717) is 11.0 Å². The number of hydrogen-bond donors (Lipinski definition) is 0. The minimum atomic E-state index is -3.86.